The van der Waals surface area contributed by atoms with Crippen LogP contribution in [0.2, 0.25) is 10.0 Å². The number of carbonyl (C=O) groups is 1. The number of nitrogens with zero attached hydrogens (tertiary/aromatic N) is 4. The second-order valence-electron chi connectivity index (χ2n) is 7.54. The Morgan fingerprint density at radius 3 is 2.75 bits per heavy atom. The van der Waals surface area contributed by atoms with Gasteiger partial charge in [-0.1, -0.05) is 35.0 Å². The van der Waals surface area contributed by atoms with Crippen LogP contribution < -0.4 is 5.32 Å². The van der Waals surface area contributed by atoms with Crippen molar-refractivity contribution in [2.24, 2.45) is 0 Å². The minimum atomic E-state index is -0.0533. The van der Waals surface area contributed by atoms with Gasteiger partial charge in [-0.3, -0.25) is 9.69 Å². The number of likely N-dealkylation sites (tertiary alicyclic amines) is 1. The maximum absolute atomic E-state index is 12.6. The molecule has 4 rings (SSSR count). The van der Waals surface area contributed by atoms with Gasteiger partial charge in [-0.15, -0.1) is 10.2 Å². The van der Waals surface area contributed by atoms with Crippen LogP contribution in [-0.4, -0.2) is 51.0 Å². The Morgan fingerprint density at radius 1 is 1.25 bits per heavy atom. The molecule has 0 unspecified atom stereocenters. The summed E-state index contributed by atoms with van der Waals surface area (Å²) in [6.45, 7) is 5.21. The van der Waals surface area contributed by atoms with E-state index in [9.17, 15) is 4.79 Å². The molecule has 0 radical (unpaired) electrons. The van der Waals surface area contributed by atoms with Gasteiger partial charge in [0.1, 0.15) is 5.76 Å². The van der Waals surface area contributed by atoms with Gasteiger partial charge in [-0.25, -0.2) is 0 Å². The molecule has 3 aromatic rings. The maximum Gasteiger partial charge on any atom is 0.230 e. The third kappa shape index (κ3) is 5.31. The number of thioether (sulfide) groups is 1. The predicted molar refractivity (Wildman–Crippen MR) is 127 cm³/mol. The first-order chi connectivity index (χ1) is 15.6. The molecule has 1 saturated heterocycles. The number of aromatic nitrogens is 3. The van der Waals surface area contributed by atoms with E-state index >= 15 is 0 Å². The van der Waals surface area contributed by atoms with Gasteiger partial charge in [0.2, 0.25) is 5.91 Å². The highest BCUT2D eigenvalue weighted by Crippen LogP contribution is 2.31. The Bertz CT molecular complexity index is 1050. The topological polar surface area (TPSA) is 76.2 Å². The van der Waals surface area contributed by atoms with E-state index in [2.05, 4.69) is 20.4 Å². The van der Waals surface area contributed by atoms with E-state index in [-0.39, 0.29) is 17.7 Å². The Hall–Kier alpha value is -2.00. The fourth-order valence-electron chi connectivity index (χ4n) is 3.89. The Balaban J connectivity index is 1.38. The predicted octanol–water partition coefficient (Wildman–Crippen LogP) is 4.91. The highest BCUT2D eigenvalue weighted by Gasteiger charge is 2.26. The molecule has 32 heavy (non-hydrogen) atoms. The highest BCUT2D eigenvalue weighted by molar-refractivity contribution is 7.99. The first kappa shape index (κ1) is 23.2. The van der Waals surface area contributed by atoms with Gasteiger partial charge in [-0.2, -0.15) is 0 Å². The molecule has 1 N–H and O–H groups in total. The van der Waals surface area contributed by atoms with E-state index in [1.54, 1.807) is 18.4 Å². The van der Waals surface area contributed by atoms with Crippen molar-refractivity contribution >= 4 is 40.9 Å². The molecule has 1 fully saturated rings. The second kappa shape index (κ2) is 10.7. The molecule has 10 heteroatoms. The van der Waals surface area contributed by atoms with Crippen LogP contribution in [0.15, 0.2) is 46.2 Å². The third-order valence-corrected chi connectivity index (χ3v) is 7.00. The minimum absolute atomic E-state index is 0.0533. The van der Waals surface area contributed by atoms with Gasteiger partial charge in [0.15, 0.2) is 11.0 Å². The molecule has 0 saturated carbocycles. The third-order valence-electron chi connectivity index (χ3n) is 5.48. The molecule has 170 valence electrons. The quantitative estimate of drug-likeness (QED) is 0.426. The maximum atomic E-state index is 12.6. The van der Waals surface area contributed by atoms with E-state index in [0.717, 1.165) is 24.4 Å². The summed E-state index contributed by atoms with van der Waals surface area (Å²) >= 11 is 13.7. The number of rotatable bonds is 9. The summed E-state index contributed by atoms with van der Waals surface area (Å²) in [4.78, 5) is 15.0. The molecule has 1 aliphatic rings. The largest absolute Gasteiger partial charge is 0.468 e. The number of hydrogen-bond donors (Lipinski definition) is 1. The van der Waals surface area contributed by atoms with Crippen LogP contribution in [0.3, 0.4) is 0 Å². The molecule has 1 aliphatic heterocycles. The summed E-state index contributed by atoms with van der Waals surface area (Å²) in [6.07, 6.45) is 4.03. The van der Waals surface area contributed by atoms with Crippen molar-refractivity contribution in [3.05, 3.63) is 52.4 Å². The smallest absolute Gasteiger partial charge is 0.230 e. The number of halogens is 2. The van der Waals surface area contributed by atoms with Crippen molar-refractivity contribution in [3.8, 4) is 11.4 Å². The van der Waals surface area contributed by atoms with Gasteiger partial charge < -0.3 is 14.3 Å². The van der Waals surface area contributed by atoms with Crippen LogP contribution >= 0.6 is 35.0 Å². The lowest BCUT2D eigenvalue weighted by Gasteiger charge is -2.25. The average molecular weight is 494 g/mol. The van der Waals surface area contributed by atoms with Gasteiger partial charge in [-0.05, 0) is 63.2 Å². The fourth-order valence-corrected chi connectivity index (χ4v) is 5.21. The van der Waals surface area contributed by atoms with Gasteiger partial charge >= 0.3 is 0 Å². The minimum Gasteiger partial charge on any atom is -0.468 e. The van der Waals surface area contributed by atoms with Crippen molar-refractivity contribution in [3.63, 3.8) is 0 Å². The van der Waals surface area contributed by atoms with E-state index in [1.165, 1.54) is 24.6 Å². The van der Waals surface area contributed by atoms with Gasteiger partial charge in [0.25, 0.3) is 0 Å². The van der Waals surface area contributed by atoms with Crippen molar-refractivity contribution in [2.75, 3.05) is 25.4 Å². The van der Waals surface area contributed by atoms with Crippen LogP contribution in [0, 0.1) is 0 Å². The second-order valence-corrected chi connectivity index (χ2v) is 9.33. The lowest BCUT2D eigenvalue weighted by Crippen LogP contribution is -2.37. The van der Waals surface area contributed by atoms with Crippen LogP contribution in [-0.2, 0) is 11.3 Å². The normalized spacial score (nSPS) is 15.2. The fraction of sp³-hybridized carbons (Fsp3) is 0.409. The first-order valence-corrected chi connectivity index (χ1v) is 12.4. The van der Waals surface area contributed by atoms with Crippen molar-refractivity contribution < 1.29 is 9.21 Å². The van der Waals surface area contributed by atoms with Crippen molar-refractivity contribution in [1.29, 1.82) is 0 Å². The van der Waals surface area contributed by atoms with E-state index in [0.29, 0.717) is 34.1 Å². The Morgan fingerprint density at radius 2 is 2.06 bits per heavy atom. The molecule has 1 atom stereocenters. The zero-order valence-electron chi connectivity index (χ0n) is 17.8. The molecule has 2 aromatic heterocycles. The number of nitrogens with one attached hydrogen (secondary N) is 1. The van der Waals surface area contributed by atoms with Crippen LogP contribution in [0.25, 0.3) is 11.4 Å². The van der Waals surface area contributed by atoms with E-state index < -0.39 is 0 Å². The standard InChI is InChI=1S/C22H25Cl2N5O2S/c1-2-29-21(16-8-7-15(23)12-17(16)24)26-27-22(29)32-14-20(30)25-13-18(19-6-5-11-31-19)28-9-3-4-10-28/h5-8,11-12,18H,2-4,9-10,13-14H2,1H3,(H,25,30)/t18-/m0/s1. The van der Waals surface area contributed by atoms with Gasteiger partial charge in [0, 0.05) is 23.7 Å². The first-order valence-electron chi connectivity index (χ1n) is 10.6. The molecule has 0 spiro atoms. The Labute approximate surface area is 201 Å². The summed E-state index contributed by atoms with van der Waals surface area (Å²) in [5.41, 5.74) is 0.758. The van der Waals surface area contributed by atoms with Crippen molar-refractivity contribution in [1.82, 2.24) is 25.0 Å². The highest BCUT2D eigenvalue weighted by atomic mass is 35.5. The molecule has 0 bridgehead atoms. The van der Waals surface area contributed by atoms with Crippen LogP contribution in [0.5, 0.6) is 0 Å². The van der Waals surface area contributed by atoms with E-state index in [1.807, 2.05) is 29.7 Å². The summed E-state index contributed by atoms with van der Waals surface area (Å²) < 4.78 is 7.57. The molecule has 7 nitrogen and oxygen atoms in total. The van der Waals surface area contributed by atoms with Crippen LogP contribution in [0.1, 0.15) is 31.6 Å². The van der Waals surface area contributed by atoms with E-state index in [4.69, 9.17) is 27.6 Å². The number of carbonyl (C=O) groups excluding carboxylic acids is 1. The van der Waals surface area contributed by atoms with Crippen LogP contribution in [0.4, 0.5) is 0 Å². The monoisotopic (exact) mass is 493 g/mol. The SMILES string of the molecule is CCn1c(SCC(=O)NC[C@@H](c2ccco2)N2CCCC2)nnc1-c1ccc(Cl)cc1Cl. The lowest BCUT2D eigenvalue weighted by atomic mass is 10.2. The summed E-state index contributed by atoms with van der Waals surface area (Å²) in [7, 11) is 0. The zero-order chi connectivity index (χ0) is 22.5. The Kier molecular flexibility index (Phi) is 7.78. The number of hydrogen-bond acceptors (Lipinski definition) is 6. The van der Waals surface area contributed by atoms with Crippen molar-refractivity contribution in [2.45, 2.75) is 37.5 Å². The summed E-state index contributed by atoms with van der Waals surface area (Å²) in [6, 6.07) is 9.19. The molecule has 3 heterocycles. The molecule has 0 aliphatic carbocycles. The lowest BCUT2D eigenvalue weighted by molar-refractivity contribution is -0.118. The molecule has 1 aromatic carbocycles. The number of benzene rings is 1. The average Bonchev–Trinajstić information content (AvgIpc) is 3.54. The molecular formula is C22H25Cl2N5O2S. The van der Waals surface area contributed by atoms with Gasteiger partial charge in [0.05, 0.1) is 23.1 Å². The molecular weight excluding hydrogens is 469 g/mol. The molecule has 1 amide bonds. The number of furan rings is 1. The summed E-state index contributed by atoms with van der Waals surface area (Å²) in [5, 5.41) is 13.4. The summed E-state index contributed by atoms with van der Waals surface area (Å²) in [5.74, 6) is 1.73. The number of amides is 1. The zero-order valence-corrected chi connectivity index (χ0v) is 20.1.